The molecule has 3 aromatic heterocycles. The Morgan fingerprint density at radius 3 is 2.95 bits per heavy atom. The molecule has 0 atom stereocenters. The van der Waals surface area contributed by atoms with Crippen molar-refractivity contribution in [1.82, 2.24) is 15.0 Å². The van der Waals surface area contributed by atoms with Crippen LogP contribution in [0, 0.1) is 0 Å². The summed E-state index contributed by atoms with van der Waals surface area (Å²) in [6, 6.07) is 9.95. The Morgan fingerprint density at radius 2 is 2.05 bits per heavy atom. The lowest BCUT2D eigenvalue weighted by molar-refractivity contribution is 1.04. The zero-order chi connectivity index (χ0) is 14.2. The molecule has 0 spiro atoms. The molecule has 7 heteroatoms. The van der Waals surface area contributed by atoms with Crippen LogP contribution in [0.1, 0.15) is 5.82 Å². The lowest BCUT2D eigenvalue weighted by atomic mass is 10.3. The quantitative estimate of drug-likeness (QED) is 0.579. The molecule has 0 aliphatic carbocycles. The Labute approximate surface area is 131 Å². The SMILES string of the molecule is O=c1[nH]c(CSc2nc3ccccc3s2)nc2ccsc12. The van der Waals surface area contributed by atoms with E-state index < -0.39 is 0 Å². The van der Waals surface area contributed by atoms with E-state index >= 15 is 0 Å². The number of H-pyrrole nitrogens is 1. The van der Waals surface area contributed by atoms with E-state index in [9.17, 15) is 4.79 Å². The summed E-state index contributed by atoms with van der Waals surface area (Å²) in [7, 11) is 0. The summed E-state index contributed by atoms with van der Waals surface area (Å²) in [6.45, 7) is 0. The highest BCUT2D eigenvalue weighted by atomic mass is 32.2. The van der Waals surface area contributed by atoms with Crippen molar-refractivity contribution < 1.29 is 0 Å². The Hall–Kier alpha value is -1.70. The van der Waals surface area contributed by atoms with Crippen molar-refractivity contribution in [2.75, 3.05) is 0 Å². The molecule has 0 amide bonds. The molecule has 4 aromatic rings. The molecule has 0 aliphatic heterocycles. The normalized spacial score (nSPS) is 11.4. The van der Waals surface area contributed by atoms with Crippen LogP contribution >= 0.6 is 34.4 Å². The van der Waals surface area contributed by atoms with Crippen LogP contribution < -0.4 is 5.56 Å². The van der Waals surface area contributed by atoms with Gasteiger partial charge in [-0.2, -0.15) is 0 Å². The number of para-hydroxylation sites is 1. The molecular formula is C14H9N3OS3. The van der Waals surface area contributed by atoms with Crippen molar-refractivity contribution in [3.8, 4) is 0 Å². The van der Waals surface area contributed by atoms with Crippen LogP contribution in [0.2, 0.25) is 0 Å². The van der Waals surface area contributed by atoms with Gasteiger partial charge in [-0.25, -0.2) is 9.97 Å². The van der Waals surface area contributed by atoms with Gasteiger partial charge in [-0.1, -0.05) is 23.9 Å². The second-order valence-corrected chi connectivity index (χ2v) is 7.55. The average molecular weight is 331 g/mol. The van der Waals surface area contributed by atoms with E-state index in [1.165, 1.54) is 16.0 Å². The summed E-state index contributed by atoms with van der Waals surface area (Å²) in [4.78, 5) is 23.8. The molecule has 0 saturated carbocycles. The maximum atomic E-state index is 11.9. The first-order chi connectivity index (χ1) is 10.3. The summed E-state index contributed by atoms with van der Waals surface area (Å²) < 4.78 is 2.85. The van der Waals surface area contributed by atoms with E-state index in [1.54, 1.807) is 23.1 Å². The smallest absolute Gasteiger partial charge is 0.268 e. The van der Waals surface area contributed by atoms with E-state index in [0.717, 1.165) is 15.4 Å². The van der Waals surface area contributed by atoms with E-state index in [2.05, 4.69) is 21.0 Å². The molecule has 3 heterocycles. The van der Waals surface area contributed by atoms with Crippen molar-refractivity contribution >= 4 is 54.9 Å². The molecule has 0 bridgehead atoms. The first-order valence-electron chi connectivity index (χ1n) is 6.24. The van der Waals surface area contributed by atoms with Crippen LogP contribution in [-0.2, 0) is 5.75 Å². The van der Waals surface area contributed by atoms with Gasteiger partial charge in [0, 0.05) is 0 Å². The van der Waals surface area contributed by atoms with Crippen LogP contribution in [0.5, 0.6) is 0 Å². The van der Waals surface area contributed by atoms with Gasteiger partial charge in [0.05, 0.1) is 21.5 Å². The number of nitrogens with one attached hydrogen (secondary N) is 1. The molecular weight excluding hydrogens is 322 g/mol. The van der Waals surface area contributed by atoms with Gasteiger partial charge in [0.1, 0.15) is 10.5 Å². The zero-order valence-corrected chi connectivity index (χ0v) is 13.1. The van der Waals surface area contributed by atoms with Gasteiger partial charge < -0.3 is 4.98 Å². The first kappa shape index (κ1) is 13.0. The summed E-state index contributed by atoms with van der Waals surface area (Å²) in [6.07, 6.45) is 0. The molecule has 21 heavy (non-hydrogen) atoms. The van der Waals surface area contributed by atoms with Gasteiger partial charge in [0.15, 0.2) is 4.34 Å². The molecule has 0 aliphatic rings. The van der Waals surface area contributed by atoms with Crippen molar-refractivity contribution in [2.24, 2.45) is 0 Å². The number of thioether (sulfide) groups is 1. The van der Waals surface area contributed by atoms with Gasteiger partial charge >= 0.3 is 0 Å². The van der Waals surface area contributed by atoms with Crippen LogP contribution in [0.15, 0.2) is 44.8 Å². The summed E-state index contributed by atoms with van der Waals surface area (Å²) in [5.74, 6) is 1.30. The summed E-state index contributed by atoms with van der Waals surface area (Å²) >= 11 is 4.67. The molecule has 4 nitrogen and oxygen atoms in total. The Bertz CT molecular complexity index is 953. The van der Waals surface area contributed by atoms with Gasteiger partial charge in [0.2, 0.25) is 0 Å². The minimum absolute atomic E-state index is 0.0603. The minimum Gasteiger partial charge on any atom is -0.309 e. The standard InChI is InChI=1S/C14H9N3OS3/c18-13-12-9(5-6-19-12)15-11(17-13)7-20-14-16-8-3-1-2-4-10(8)21-14/h1-6H,7H2,(H,15,17,18). The predicted octanol–water partition coefficient (Wildman–Crippen LogP) is 3.89. The van der Waals surface area contributed by atoms with E-state index in [1.807, 2.05) is 29.6 Å². The second kappa shape index (κ2) is 5.25. The highest BCUT2D eigenvalue weighted by molar-refractivity contribution is 8.00. The third-order valence-corrected chi connectivity index (χ3v) is 6.06. The van der Waals surface area contributed by atoms with Crippen molar-refractivity contribution in [3.63, 3.8) is 0 Å². The second-order valence-electron chi connectivity index (χ2n) is 4.38. The highest BCUT2D eigenvalue weighted by Crippen LogP contribution is 2.30. The summed E-state index contributed by atoms with van der Waals surface area (Å²) in [5.41, 5.74) is 1.72. The zero-order valence-electron chi connectivity index (χ0n) is 10.7. The predicted molar refractivity (Wildman–Crippen MR) is 89.4 cm³/mol. The number of hydrogen-bond donors (Lipinski definition) is 1. The molecule has 4 rings (SSSR count). The number of benzene rings is 1. The Balaban J connectivity index is 1.61. The topological polar surface area (TPSA) is 58.6 Å². The van der Waals surface area contributed by atoms with Crippen LogP contribution in [0.4, 0.5) is 0 Å². The molecule has 0 fully saturated rings. The van der Waals surface area contributed by atoms with Crippen molar-refractivity contribution in [2.45, 2.75) is 10.1 Å². The monoisotopic (exact) mass is 331 g/mol. The number of nitrogens with zero attached hydrogens (tertiary/aromatic N) is 2. The first-order valence-corrected chi connectivity index (χ1v) is 8.92. The Morgan fingerprint density at radius 1 is 1.14 bits per heavy atom. The summed E-state index contributed by atoms with van der Waals surface area (Å²) in [5, 5.41) is 1.89. The third-order valence-electron chi connectivity index (χ3n) is 2.97. The lowest BCUT2D eigenvalue weighted by Crippen LogP contribution is -2.09. The molecule has 104 valence electrons. The average Bonchev–Trinajstić information content (AvgIpc) is 3.11. The largest absolute Gasteiger partial charge is 0.309 e. The van der Waals surface area contributed by atoms with Crippen molar-refractivity contribution in [3.05, 3.63) is 51.9 Å². The number of hydrogen-bond acceptors (Lipinski definition) is 6. The van der Waals surface area contributed by atoms with Gasteiger partial charge in [-0.05, 0) is 23.6 Å². The van der Waals surface area contributed by atoms with Gasteiger partial charge in [0.25, 0.3) is 5.56 Å². The maximum absolute atomic E-state index is 11.9. The van der Waals surface area contributed by atoms with Crippen molar-refractivity contribution in [1.29, 1.82) is 0 Å². The van der Waals surface area contributed by atoms with Crippen LogP contribution in [0.3, 0.4) is 0 Å². The number of thiophene rings is 1. The fourth-order valence-corrected chi connectivity index (χ4v) is 4.70. The minimum atomic E-state index is -0.0603. The molecule has 0 radical (unpaired) electrons. The fourth-order valence-electron chi connectivity index (χ4n) is 2.03. The Kier molecular flexibility index (Phi) is 3.25. The number of aromatic nitrogens is 3. The lowest BCUT2D eigenvalue weighted by Gasteiger charge is -1.98. The van der Waals surface area contributed by atoms with E-state index in [-0.39, 0.29) is 5.56 Å². The number of rotatable bonds is 3. The van der Waals surface area contributed by atoms with Crippen LogP contribution in [-0.4, -0.2) is 15.0 Å². The highest BCUT2D eigenvalue weighted by Gasteiger charge is 2.08. The van der Waals surface area contributed by atoms with Crippen LogP contribution in [0.25, 0.3) is 20.4 Å². The number of aromatic amines is 1. The van der Waals surface area contributed by atoms with Gasteiger partial charge in [-0.15, -0.1) is 22.7 Å². The molecule has 0 unspecified atom stereocenters. The molecule has 0 saturated heterocycles. The van der Waals surface area contributed by atoms with Gasteiger partial charge in [-0.3, -0.25) is 4.79 Å². The fraction of sp³-hybridized carbons (Fsp3) is 0.0714. The number of fused-ring (bicyclic) bond motifs is 2. The third kappa shape index (κ3) is 2.48. The molecule has 1 N–H and O–H groups in total. The molecule has 1 aromatic carbocycles. The van der Waals surface area contributed by atoms with E-state index in [0.29, 0.717) is 16.3 Å². The van der Waals surface area contributed by atoms with E-state index in [4.69, 9.17) is 0 Å². The number of thiazole rings is 1. The maximum Gasteiger partial charge on any atom is 0.268 e.